The van der Waals surface area contributed by atoms with Crippen LogP contribution in [0.2, 0.25) is 0 Å². The first kappa shape index (κ1) is 17.5. The van der Waals surface area contributed by atoms with Gasteiger partial charge in [-0.2, -0.15) is 4.68 Å². The predicted octanol–water partition coefficient (Wildman–Crippen LogP) is 0.504. The number of benzene rings is 1. The van der Waals surface area contributed by atoms with Crippen molar-refractivity contribution in [3.8, 4) is 5.69 Å². The molecule has 9 nitrogen and oxygen atoms in total. The summed E-state index contributed by atoms with van der Waals surface area (Å²) in [5.41, 5.74) is 1.39. The van der Waals surface area contributed by atoms with Gasteiger partial charge >= 0.3 is 0 Å². The summed E-state index contributed by atoms with van der Waals surface area (Å²) < 4.78 is 2.45. The molecule has 0 spiro atoms. The maximum Gasteiger partial charge on any atom is 0.284 e. The number of rotatable bonds is 4. The molecule has 1 atom stereocenters. The van der Waals surface area contributed by atoms with Crippen molar-refractivity contribution in [3.05, 3.63) is 46.5 Å². The van der Waals surface area contributed by atoms with Crippen LogP contribution in [-0.2, 0) is 9.59 Å². The zero-order valence-electron chi connectivity index (χ0n) is 14.9. The van der Waals surface area contributed by atoms with Crippen molar-refractivity contribution in [1.29, 1.82) is 0 Å². The van der Waals surface area contributed by atoms with Gasteiger partial charge in [-0.3, -0.25) is 19.0 Å². The second-order valence-corrected chi connectivity index (χ2v) is 6.22. The molecule has 0 saturated carbocycles. The molecule has 0 N–H and O–H groups in total. The summed E-state index contributed by atoms with van der Waals surface area (Å²) in [7, 11) is 3.03. The number of nitrogens with zero attached hydrogens (tertiary/aromatic N) is 6. The molecular formula is C17H18N6O3. The number of carbonyl (C=O) groups excluding carboxylic acids is 2. The summed E-state index contributed by atoms with van der Waals surface area (Å²) in [6, 6.07) is 6.23. The molecule has 0 aliphatic carbocycles. The van der Waals surface area contributed by atoms with E-state index in [1.165, 1.54) is 36.9 Å². The number of likely N-dealkylation sites (N-methyl/N-ethyl adjacent to an activating group) is 1. The highest BCUT2D eigenvalue weighted by Gasteiger charge is 2.29. The molecular weight excluding hydrogens is 336 g/mol. The Hall–Kier alpha value is -3.36. The first-order chi connectivity index (χ1) is 12.3. The zero-order valence-corrected chi connectivity index (χ0v) is 14.9. The van der Waals surface area contributed by atoms with Crippen LogP contribution >= 0.6 is 0 Å². The van der Waals surface area contributed by atoms with Gasteiger partial charge < -0.3 is 4.90 Å². The second-order valence-electron chi connectivity index (χ2n) is 6.22. The van der Waals surface area contributed by atoms with Crippen molar-refractivity contribution >= 4 is 22.9 Å². The number of aromatic nitrogens is 5. The predicted molar refractivity (Wildman–Crippen MR) is 94.1 cm³/mol. The van der Waals surface area contributed by atoms with Gasteiger partial charge in [0.25, 0.3) is 11.5 Å². The van der Waals surface area contributed by atoms with Crippen molar-refractivity contribution in [2.45, 2.75) is 19.9 Å². The smallest absolute Gasteiger partial charge is 0.284 e. The van der Waals surface area contributed by atoms with Crippen molar-refractivity contribution in [1.82, 2.24) is 29.4 Å². The molecule has 0 radical (unpaired) electrons. The topological polar surface area (TPSA) is 103 Å². The Morgan fingerprint density at radius 1 is 1.23 bits per heavy atom. The van der Waals surface area contributed by atoms with Gasteiger partial charge in [0.1, 0.15) is 6.33 Å². The number of carbonyl (C=O) groups is 2. The van der Waals surface area contributed by atoms with E-state index in [4.69, 9.17) is 0 Å². The molecule has 1 unspecified atom stereocenters. The van der Waals surface area contributed by atoms with Gasteiger partial charge in [0.15, 0.2) is 23.0 Å². The number of amides is 1. The fourth-order valence-electron chi connectivity index (χ4n) is 2.67. The van der Waals surface area contributed by atoms with Gasteiger partial charge in [-0.05, 0) is 31.5 Å². The molecule has 0 aliphatic heterocycles. The summed E-state index contributed by atoms with van der Waals surface area (Å²) in [6.45, 7) is 3.19. The number of aryl methyl sites for hydroxylation is 1. The van der Waals surface area contributed by atoms with E-state index in [9.17, 15) is 14.4 Å². The molecule has 2 aromatic heterocycles. The molecule has 1 aromatic carbocycles. The van der Waals surface area contributed by atoms with E-state index >= 15 is 0 Å². The third kappa shape index (κ3) is 2.87. The summed E-state index contributed by atoms with van der Waals surface area (Å²) in [5.74, 6) is -0.968. The Morgan fingerprint density at radius 3 is 2.58 bits per heavy atom. The largest absolute Gasteiger partial charge is 0.347 e. The lowest BCUT2D eigenvalue weighted by Crippen LogP contribution is -2.40. The molecule has 26 heavy (non-hydrogen) atoms. The quantitative estimate of drug-likeness (QED) is 0.632. The fourth-order valence-corrected chi connectivity index (χ4v) is 2.67. The van der Waals surface area contributed by atoms with Crippen LogP contribution in [0.15, 0.2) is 35.4 Å². The third-order valence-corrected chi connectivity index (χ3v) is 3.97. The Morgan fingerprint density at radius 2 is 1.96 bits per heavy atom. The minimum atomic E-state index is -1.28. The van der Waals surface area contributed by atoms with Crippen LogP contribution < -0.4 is 5.56 Å². The Bertz CT molecular complexity index is 1070. The van der Waals surface area contributed by atoms with Crippen LogP contribution in [0.1, 0.15) is 18.5 Å². The standard InChI is InChI=1S/C17H18N6O3/c1-10-6-5-7-12(8-10)23-15-13(19-20-23)16(25)22(9-18-15)14(11(2)24)17(26)21(3)4/h5-9,14H,1-4H3. The lowest BCUT2D eigenvalue weighted by Gasteiger charge is -2.19. The number of fused-ring (bicyclic) bond motifs is 1. The van der Waals surface area contributed by atoms with E-state index < -0.39 is 23.3 Å². The lowest BCUT2D eigenvalue weighted by atomic mass is 10.2. The summed E-state index contributed by atoms with van der Waals surface area (Å²) in [5, 5.41) is 7.92. The van der Waals surface area contributed by atoms with E-state index in [0.717, 1.165) is 10.1 Å². The minimum absolute atomic E-state index is 0.00758. The van der Waals surface area contributed by atoms with Gasteiger partial charge in [-0.25, -0.2) is 4.98 Å². The molecule has 2 heterocycles. The number of Topliss-reactive ketones (excluding diaryl/α,β-unsaturated/α-hetero) is 1. The molecule has 0 saturated heterocycles. The van der Waals surface area contributed by atoms with E-state index in [1.54, 1.807) is 0 Å². The van der Waals surface area contributed by atoms with E-state index in [1.807, 2.05) is 31.2 Å². The molecule has 134 valence electrons. The Labute approximate surface area is 148 Å². The summed E-state index contributed by atoms with van der Waals surface area (Å²) in [6.07, 6.45) is 1.19. The molecule has 3 rings (SSSR count). The third-order valence-electron chi connectivity index (χ3n) is 3.97. The maximum atomic E-state index is 12.8. The van der Waals surface area contributed by atoms with Crippen molar-refractivity contribution in [2.24, 2.45) is 0 Å². The monoisotopic (exact) mass is 354 g/mol. The Kier molecular flexibility index (Phi) is 4.37. The summed E-state index contributed by atoms with van der Waals surface area (Å²) >= 11 is 0. The van der Waals surface area contributed by atoms with Crippen LogP contribution in [0.25, 0.3) is 16.9 Å². The highest BCUT2D eigenvalue weighted by molar-refractivity contribution is 6.02. The van der Waals surface area contributed by atoms with Crippen LogP contribution in [0.3, 0.4) is 0 Å². The number of ketones is 1. The summed E-state index contributed by atoms with van der Waals surface area (Å²) in [4.78, 5) is 42.6. The van der Waals surface area contributed by atoms with E-state index in [0.29, 0.717) is 5.69 Å². The second kappa shape index (κ2) is 6.51. The molecule has 0 aliphatic rings. The van der Waals surface area contributed by atoms with Gasteiger partial charge in [-0.15, -0.1) is 5.10 Å². The van der Waals surface area contributed by atoms with E-state index in [-0.39, 0.29) is 11.2 Å². The zero-order chi connectivity index (χ0) is 19.0. The molecule has 0 bridgehead atoms. The minimum Gasteiger partial charge on any atom is -0.347 e. The van der Waals surface area contributed by atoms with Gasteiger partial charge in [0.05, 0.1) is 5.69 Å². The van der Waals surface area contributed by atoms with Crippen molar-refractivity contribution in [2.75, 3.05) is 14.1 Å². The van der Waals surface area contributed by atoms with Gasteiger partial charge in [-0.1, -0.05) is 17.3 Å². The van der Waals surface area contributed by atoms with Gasteiger partial charge in [0, 0.05) is 14.1 Å². The first-order valence-electron chi connectivity index (χ1n) is 7.92. The van der Waals surface area contributed by atoms with Crippen LogP contribution in [-0.4, -0.2) is 55.2 Å². The van der Waals surface area contributed by atoms with Crippen LogP contribution in [0.5, 0.6) is 0 Å². The number of hydrogen-bond donors (Lipinski definition) is 0. The van der Waals surface area contributed by atoms with E-state index in [2.05, 4.69) is 15.3 Å². The number of hydrogen-bond acceptors (Lipinski definition) is 6. The highest BCUT2D eigenvalue weighted by Crippen LogP contribution is 2.15. The lowest BCUT2D eigenvalue weighted by molar-refractivity contribution is -0.137. The van der Waals surface area contributed by atoms with Crippen molar-refractivity contribution < 1.29 is 9.59 Å². The fraction of sp³-hybridized carbons (Fsp3) is 0.294. The molecule has 0 fully saturated rings. The van der Waals surface area contributed by atoms with Gasteiger partial charge in [0.2, 0.25) is 0 Å². The average molecular weight is 354 g/mol. The first-order valence-corrected chi connectivity index (χ1v) is 7.92. The molecule has 1 amide bonds. The normalized spacial score (nSPS) is 12.2. The molecule has 9 heteroatoms. The van der Waals surface area contributed by atoms with Crippen LogP contribution in [0.4, 0.5) is 0 Å². The average Bonchev–Trinajstić information content (AvgIpc) is 3.01. The SMILES string of the molecule is CC(=O)C(C(=O)N(C)C)n1cnc2c(nnn2-c2cccc(C)c2)c1=O. The van der Waals surface area contributed by atoms with Crippen LogP contribution in [0, 0.1) is 6.92 Å². The maximum absolute atomic E-state index is 12.8. The molecule has 3 aromatic rings. The van der Waals surface area contributed by atoms with Crippen molar-refractivity contribution in [3.63, 3.8) is 0 Å². The highest BCUT2D eigenvalue weighted by atomic mass is 16.2. The Balaban J connectivity index is 2.18.